The van der Waals surface area contributed by atoms with E-state index in [1.54, 1.807) is 22.6 Å². The average molecular weight is 413 g/mol. The number of benzene rings is 1. The third-order valence-electron chi connectivity index (χ3n) is 4.77. The third kappa shape index (κ3) is 3.66. The van der Waals surface area contributed by atoms with Gasteiger partial charge in [0, 0.05) is 33.6 Å². The van der Waals surface area contributed by atoms with Crippen molar-refractivity contribution in [3.8, 4) is 5.82 Å². The Morgan fingerprint density at radius 2 is 2.04 bits per heavy atom. The zero-order chi connectivity index (χ0) is 19.8. The first kappa shape index (κ1) is 19.0. The van der Waals surface area contributed by atoms with Gasteiger partial charge in [-0.25, -0.2) is 9.67 Å². The van der Waals surface area contributed by atoms with Gasteiger partial charge in [-0.2, -0.15) is 5.10 Å². The summed E-state index contributed by atoms with van der Waals surface area (Å²) in [5.74, 6) is 0.635. The van der Waals surface area contributed by atoms with Crippen molar-refractivity contribution in [3.63, 3.8) is 0 Å². The van der Waals surface area contributed by atoms with Crippen molar-refractivity contribution in [2.24, 2.45) is 0 Å². The number of fused-ring (bicyclic) bond motifs is 1. The van der Waals surface area contributed by atoms with E-state index in [1.165, 1.54) is 0 Å². The maximum Gasteiger partial charge on any atom is 0.259 e. The Bertz CT molecular complexity index is 1030. The SMILES string of the molecule is Cc1cc(C)n(-c2ccc(C(=O)N3CCC(C)Sc4ccc(Cl)cc43)cn2)n1. The van der Waals surface area contributed by atoms with Crippen LogP contribution >= 0.6 is 23.4 Å². The summed E-state index contributed by atoms with van der Waals surface area (Å²) < 4.78 is 1.78. The van der Waals surface area contributed by atoms with Crippen molar-refractivity contribution in [2.75, 3.05) is 11.4 Å². The Kier molecular flexibility index (Phi) is 5.17. The van der Waals surface area contributed by atoms with Crippen LogP contribution < -0.4 is 4.90 Å². The van der Waals surface area contributed by atoms with E-state index in [0.29, 0.717) is 28.2 Å². The van der Waals surface area contributed by atoms with Gasteiger partial charge in [0.25, 0.3) is 5.91 Å². The highest BCUT2D eigenvalue weighted by molar-refractivity contribution is 8.00. The van der Waals surface area contributed by atoms with Gasteiger partial charge >= 0.3 is 0 Å². The molecule has 4 rings (SSSR count). The zero-order valence-corrected chi connectivity index (χ0v) is 17.6. The second-order valence-corrected chi connectivity index (χ2v) is 8.95. The first-order valence-corrected chi connectivity index (χ1v) is 10.5. The molecule has 0 aliphatic carbocycles. The van der Waals surface area contributed by atoms with E-state index in [-0.39, 0.29) is 5.91 Å². The molecule has 28 heavy (non-hydrogen) atoms. The molecule has 0 saturated carbocycles. The van der Waals surface area contributed by atoms with Crippen molar-refractivity contribution < 1.29 is 4.79 Å². The molecule has 0 spiro atoms. The summed E-state index contributed by atoms with van der Waals surface area (Å²) in [5, 5.41) is 5.51. The van der Waals surface area contributed by atoms with E-state index in [2.05, 4.69) is 17.0 Å². The fourth-order valence-corrected chi connectivity index (χ4v) is 4.63. The largest absolute Gasteiger partial charge is 0.307 e. The second kappa shape index (κ2) is 7.60. The topological polar surface area (TPSA) is 51.0 Å². The van der Waals surface area contributed by atoms with Crippen LogP contribution in [0.5, 0.6) is 0 Å². The van der Waals surface area contributed by atoms with Gasteiger partial charge < -0.3 is 4.90 Å². The van der Waals surface area contributed by atoms with Gasteiger partial charge in [-0.3, -0.25) is 4.79 Å². The van der Waals surface area contributed by atoms with Gasteiger partial charge in [0.1, 0.15) is 0 Å². The number of hydrogen-bond acceptors (Lipinski definition) is 4. The van der Waals surface area contributed by atoms with Crippen molar-refractivity contribution in [2.45, 2.75) is 37.3 Å². The minimum atomic E-state index is -0.0642. The molecule has 0 bridgehead atoms. The van der Waals surface area contributed by atoms with E-state index < -0.39 is 0 Å². The summed E-state index contributed by atoms with van der Waals surface area (Å²) in [6.07, 6.45) is 2.54. The number of aryl methyl sites for hydroxylation is 2. The second-order valence-electron chi connectivity index (χ2n) is 7.03. The maximum atomic E-state index is 13.3. The lowest BCUT2D eigenvalue weighted by Crippen LogP contribution is -2.32. The lowest BCUT2D eigenvalue weighted by atomic mass is 10.2. The highest BCUT2D eigenvalue weighted by Crippen LogP contribution is 2.39. The number of carbonyl (C=O) groups excluding carboxylic acids is 1. The van der Waals surface area contributed by atoms with E-state index in [9.17, 15) is 4.79 Å². The van der Waals surface area contributed by atoms with Crippen LogP contribution in [0.1, 0.15) is 35.1 Å². The summed E-state index contributed by atoms with van der Waals surface area (Å²) in [4.78, 5) is 20.6. The summed E-state index contributed by atoms with van der Waals surface area (Å²) in [6, 6.07) is 11.4. The summed E-state index contributed by atoms with van der Waals surface area (Å²) in [7, 11) is 0. The number of thioether (sulfide) groups is 1. The molecule has 1 aliphatic heterocycles. The molecule has 3 heterocycles. The predicted molar refractivity (Wildman–Crippen MR) is 114 cm³/mol. The Labute approximate surface area is 173 Å². The molecule has 1 atom stereocenters. The van der Waals surface area contributed by atoms with Crippen molar-refractivity contribution in [3.05, 3.63) is 64.6 Å². The molecule has 2 aromatic heterocycles. The number of amides is 1. The van der Waals surface area contributed by atoms with Gasteiger partial charge in [0.2, 0.25) is 0 Å². The van der Waals surface area contributed by atoms with Gasteiger partial charge in [-0.15, -0.1) is 11.8 Å². The number of hydrogen-bond donors (Lipinski definition) is 0. The maximum absolute atomic E-state index is 13.3. The number of aromatic nitrogens is 3. The molecule has 5 nitrogen and oxygen atoms in total. The van der Waals surface area contributed by atoms with Gasteiger partial charge in [0.05, 0.1) is 16.9 Å². The van der Waals surface area contributed by atoms with Crippen LogP contribution in [-0.2, 0) is 0 Å². The van der Waals surface area contributed by atoms with Gasteiger partial charge in [-0.1, -0.05) is 18.5 Å². The molecular weight excluding hydrogens is 392 g/mol. The van der Waals surface area contributed by atoms with Crippen LogP contribution in [0.15, 0.2) is 47.5 Å². The van der Waals surface area contributed by atoms with E-state index in [0.717, 1.165) is 28.4 Å². The van der Waals surface area contributed by atoms with Crippen LogP contribution in [0.3, 0.4) is 0 Å². The molecule has 7 heteroatoms. The zero-order valence-electron chi connectivity index (χ0n) is 16.0. The molecule has 1 unspecified atom stereocenters. The molecule has 0 N–H and O–H groups in total. The number of carbonyl (C=O) groups is 1. The molecule has 0 radical (unpaired) electrons. The van der Waals surface area contributed by atoms with Gasteiger partial charge in [0.15, 0.2) is 5.82 Å². The van der Waals surface area contributed by atoms with Crippen LogP contribution in [-0.4, -0.2) is 32.5 Å². The first-order chi connectivity index (χ1) is 13.4. The number of rotatable bonds is 2. The highest BCUT2D eigenvalue weighted by atomic mass is 35.5. The fourth-order valence-electron chi connectivity index (χ4n) is 3.37. The van der Waals surface area contributed by atoms with Crippen LogP contribution in [0.2, 0.25) is 5.02 Å². The fraction of sp³-hybridized carbons (Fsp3) is 0.286. The summed E-state index contributed by atoms with van der Waals surface area (Å²) in [6.45, 7) is 6.77. The Morgan fingerprint density at radius 1 is 1.21 bits per heavy atom. The van der Waals surface area contributed by atoms with Crippen LogP contribution in [0, 0.1) is 13.8 Å². The quantitative estimate of drug-likeness (QED) is 0.589. The highest BCUT2D eigenvalue weighted by Gasteiger charge is 2.25. The normalized spacial score (nSPS) is 16.6. The molecule has 0 saturated heterocycles. The Hall–Kier alpha value is -2.31. The van der Waals surface area contributed by atoms with Crippen LogP contribution in [0.25, 0.3) is 5.82 Å². The number of anilines is 1. The third-order valence-corrected chi connectivity index (χ3v) is 6.24. The minimum absolute atomic E-state index is 0.0642. The molecule has 0 fully saturated rings. The van der Waals surface area contributed by atoms with Crippen LogP contribution in [0.4, 0.5) is 5.69 Å². The lowest BCUT2D eigenvalue weighted by molar-refractivity contribution is 0.0986. The van der Waals surface area contributed by atoms with E-state index in [4.69, 9.17) is 11.6 Å². The molecule has 1 amide bonds. The molecule has 3 aromatic rings. The van der Waals surface area contributed by atoms with Crippen molar-refractivity contribution >= 4 is 35.0 Å². The Balaban J connectivity index is 1.66. The first-order valence-electron chi connectivity index (χ1n) is 9.20. The van der Waals surface area contributed by atoms with Crippen molar-refractivity contribution in [1.29, 1.82) is 0 Å². The smallest absolute Gasteiger partial charge is 0.259 e. The van der Waals surface area contributed by atoms with Crippen molar-refractivity contribution in [1.82, 2.24) is 14.8 Å². The van der Waals surface area contributed by atoms with Gasteiger partial charge in [-0.05, 0) is 56.7 Å². The lowest BCUT2D eigenvalue weighted by Gasteiger charge is -2.23. The number of halogens is 1. The average Bonchev–Trinajstić information content (AvgIpc) is 2.92. The molecule has 1 aromatic carbocycles. The van der Waals surface area contributed by atoms with E-state index in [1.807, 2.05) is 55.1 Å². The predicted octanol–water partition coefficient (Wildman–Crippen LogP) is 5.07. The molecule has 1 aliphatic rings. The Morgan fingerprint density at radius 3 is 2.71 bits per heavy atom. The summed E-state index contributed by atoms with van der Waals surface area (Å²) in [5.41, 5.74) is 3.36. The summed E-state index contributed by atoms with van der Waals surface area (Å²) >= 11 is 8.00. The standard InChI is InChI=1S/C21H21ClN4OS/c1-13-10-14(2)26(24-13)20-7-4-16(12-23-20)21(27)25-9-8-15(3)28-19-6-5-17(22)11-18(19)25/h4-7,10-12,15H,8-9H2,1-3H3. The number of nitrogens with zero attached hydrogens (tertiary/aromatic N) is 4. The monoisotopic (exact) mass is 412 g/mol. The molecular formula is C21H21ClN4OS. The molecule has 144 valence electrons. The van der Waals surface area contributed by atoms with E-state index >= 15 is 0 Å². The number of pyridine rings is 1. The minimum Gasteiger partial charge on any atom is -0.307 e.